The van der Waals surface area contributed by atoms with Crippen LogP contribution in [0.4, 0.5) is 0 Å². The summed E-state index contributed by atoms with van der Waals surface area (Å²) in [6.07, 6.45) is 4.39. The third-order valence-electron chi connectivity index (χ3n) is 3.00. The number of nitrogens with two attached hydrogens (primary N) is 1. The van der Waals surface area contributed by atoms with Crippen LogP contribution < -0.4 is 5.73 Å². The van der Waals surface area contributed by atoms with Crippen molar-refractivity contribution in [3.05, 3.63) is 0 Å². The van der Waals surface area contributed by atoms with Crippen LogP contribution in [0, 0.1) is 5.92 Å². The third kappa shape index (κ3) is 5.47. The van der Waals surface area contributed by atoms with Crippen LogP contribution in [0.5, 0.6) is 0 Å². The smallest absolute Gasteiger partial charge is 0.305 e. The minimum atomic E-state index is -0.134. The highest BCUT2D eigenvalue weighted by Gasteiger charge is 2.17. The predicted octanol–water partition coefficient (Wildman–Crippen LogP) is 1.47. The van der Waals surface area contributed by atoms with Gasteiger partial charge < -0.3 is 15.2 Å². The van der Waals surface area contributed by atoms with Crippen molar-refractivity contribution in [2.24, 2.45) is 11.7 Å². The van der Waals surface area contributed by atoms with Crippen LogP contribution in [0.2, 0.25) is 0 Å². The van der Waals surface area contributed by atoms with Crippen molar-refractivity contribution in [3.63, 3.8) is 0 Å². The molecule has 4 heteroatoms. The van der Waals surface area contributed by atoms with Gasteiger partial charge in [-0.1, -0.05) is 0 Å². The molecule has 0 amide bonds. The molecule has 0 aromatic carbocycles. The van der Waals surface area contributed by atoms with Gasteiger partial charge in [0.2, 0.25) is 0 Å². The Morgan fingerprint density at radius 1 is 1.50 bits per heavy atom. The van der Waals surface area contributed by atoms with E-state index in [1.165, 1.54) is 0 Å². The minimum absolute atomic E-state index is 0.118. The van der Waals surface area contributed by atoms with E-state index in [2.05, 4.69) is 0 Å². The Labute approximate surface area is 97.5 Å². The van der Waals surface area contributed by atoms with Gasteiger partial charge in [-0.25, -0.2) is 0 Å². The fourth-order valence-corrected chi connectivity index (χ4v) is 2.06. The first-order valence-electron chi connectivity index (χ1n) is 6.21. The highest BCUT2D eigenvalue weighted by atomic mass is 16.5. The van der Waals surface area contributed by atoms with Gasteiger partial charge in [-0.05, 0) is 38.5 Å². The van der Waals surface area contributed by atoms with Crippen molar-refractivity contribution in [2.75, 3.05) is 19.8 Å². The van der Waals surface area contributed by atoms with Gasteiger partial charge in [-0.15, -0.1) is 0 Å². The number of esters is 1. The molecule has 1 fully saturated rings. The number of carbonyl (C=O) groups is 1. The molecule has 4 nitrogen and oxygen atoms in total. The second kappa shape index (κ2) is 7.63. The van der Waals surface area contributed by atoms with E-state index >= 15 is 0 Å². The lowest BCUT2D eigenvalue weighted by molar-refractivity contribution is -0.143. The van der Waals surface area contributed by atoms with Crippen molar-refractivity contribution in [1.82, 2.24) is 0 Å². The lowest BCUT2D eigenvalue weighted by atomic mass is 9.91. The summed E-state index contributed by atoms with van der Waals surface area (Å²) >= 11 is 0. The number of ether oxygens (including phenoxy) is 2. The maximum atomic E-state index is 11.1. The lowest BCUT2D eigenvalue weighted by Gasteiger charge is -2.24. The largest absolute Gasteiger partial charge is 0.466 e. The molecule has 16 heavy (non-hydrogen) atoms. The average Bonchev–Trinajstić information content (AvgIpc) is 2.28. The van der Waals surface area contributed by atoms with E-state index in [-0.39, 0.29) is 12.0 Å². The molecule has 2 N–H and O–H groups in total. The highest BCUT2D eigenvalue weighted by molar-refractivity contribution is 5.69. The number of carbonyl (C=O) groups excluding carboxylic acids is 1. The predicted molar refractivity (Wildman–Crippen MR) is 62.0 cm³/mol. The number of rotatable bonds is 6. The Bertz CT molecular complexity index is 202. The maximum absolute atomic E-state index is 11.1. The molecule has 0 radical (unpaired) electrons. The summed E-state index contributed by atoms with van der Waals surface area (Å²) in [7, 11) is 0. The Balaban J connectivity index is 2.09. The molecule has 1 rings (SSSR count). The fraction of sp³-hybridized carbons (Fsp3) is 0.917. The van der Waals surface area contributed by atoms with Crippen LogP contribution in [0.3, 0.4) is 0 Å². The van der Waals surface area contributed by atoms with Crippen LogP contribution in [-0.4, -0.2) is 31.8 Å². The molecule has 1 aliphatic heterocycles. The van der Waals surface area contributed by atoms with Crippen LogP contribution >= 0.6 is 0 Å². The van der Waals surface area contributed by atoms with E-state index < -0.39 is 0 Å². The molecular formula is C12H23NO3. The van der Waals surface area contributed by atoms with Crippen molar-refractivity contribution in [3.8, 4) is 0 Å². The molecule has 1 aliphatic rings. The molecular weight excluding hydrogens is 206 g/mol. The monoisotopic (exact) mass is 229 g/mol. The first-order chi connectivity index (χ1) is 7.72. The zero-order valence-corrected chi connectivity index (χ0v) is 10.1. The zero-order chi connectivity index (χ0) is 11.8. The second-order valence-corrected chi connectivity index (χ2v) is 4.40. The van der Waals surface area contributed by atoms with E-state index in [0.717, 1.165) is 38.9 Å². The quantitative estimate of drug-likeness (QED) is 0.701. The molecule has 1 atom stereocenters. The van der Waals surface area contributed by atoms with E-state index in [9.17, 15) is 4.79 Å². The van der Waals surface area contributed by atoms with Crippen molar-refractivity contribution >= 4 is 5.97 Å². The summed E-state index contributed by atoms with van der Waals surface area (Å²) in [6.45, 7) is 3.98. The number of hydrogen-bond donors (Lipinski definition) is 1. The second-order valence-electron chi connectivity index (χ2n) is 4.40. The van der Waals surface area contributed by atoms with Crippen molar-refractivity contribution in [2.45, 2.75) is 45.1 Å². The maximum Gasteiger partial charge on any atom is 0.305 e. The summed E-state index contributed by atoms with van der Waals surface area (Å²) in [6, 6.07) is 0.118. The molecule has 0 bridgehead atoms. The zero-order valence-electron chi connectivity index (χ0n) is 10.1. The van der Waals surface area contributed by atoms with Gasteiger partial charge in [0.05, 0.1) is 6.61 Å². The molecule has 0 aliphatic carbocycles. The Morgan fingerprint density at radius 3 is 2.81 bits per heavy atom. The van der Waals surface area contributed by atoms with Gasteiger partial charge in [0, 0.05) is 25.7 Å². The van der Waals surface area contributed by atoms with E-state index in [1.54, 1.807) is 0 Å². The minimum Gasteiger partial charge on any atom is -0.466 e. The van der Waals surface area contributed by atoms with Crippen LogP contribution in [0.1, 0.15) is 39.0 Å². The molecule has 1 saturated heterocycles. The summed E-state index contributed by atoms with van der Waals surface area (Å²) in [5, 5.41) is 0. The van der Waals surface area contributed by atoms with Gasteiger partial charge in [-0.3, -0.25) is 4.79 Å². The summed E-state index contributed by atoms with van der Waals surface area (Å²) in [5.41, 5.74) is 6.00. The van der Waals surface area contributed by atoms with Gasteiger partial charge in [0.15, 0.2) is 0 Å². The van der Waals surface area contributed by atoms with Gasteiger partial charge in [0.1, 0.15) is 0 Å². The van der Waals surface area contributed by atoms with Gasteiger partial charge >= 0.3 is 5.97 Å². The van der Waals surface area contributed by atoms with Crippen molar-refractivity contribution in [1.29, 1.82) is 0 Å². The number of hydrogen-bond acceptors (Lipinski definition) is 4. The standard InChI is InChI=1S/C12H23NO3/c1-2-16-12(14)4-3-11(13)9-10-5-7-15-8-6-10/h10-11H,2-9,13H2,1H3. The summed E-state index contributed by atoms with van der Waals surface area (Å²) in [4.78, 5) is 11.1. The van der Waals surface area contributed by atoms with Crippen LogP contribution in [0.15, 0.2) is 0 Å². The molecule has 0 aromatic rings. The molecule has 94 valence electrons. The lowest BCUT2D eigenvalue weighted by Crippen LogP contribution is -2.27. The molecule has 0 spiro atoms. The van der Waals surface area contributed by atoms with E-state index in [4.69, 9.17) is 15.2 Å². The van der Waals surface area contributed by atoms with Crippen LogP contribution in [0.25, 0.3) is 0 Å². The molecule has 1 heterocycles. The average molecular weight is 229 g/mol. The summed E-state index contributed by atoms with van der Waals surface area (Å²) in [5.74, 6) is 0.538. The van der Waals surface area contributed by atoms with Gasteiger partial charge in [-0.2, -0.15) is 0 Å². The molecule has 0 aromatic heterocycles. The molecule has 0 saturated carbocycles. The highest BCUT2D eigenvalue weighted by Crippen LogP contribution is 2.20. The fourth-order valence-electron chi connectivity index (χ4n) is 2.06. The first-order valence-corrected chi connectivity index (χ1v) is 6.21. The van der Waals surface area contributed by atoms with Crippen molar-refractivity contribution < 1.29 is 14.3 Å². The first kappa shape index (κ1) is 13.5. The Hall–Kier alpha value is -0.610. The Kier molecular flexibility index (Phi) is 6.42. The summed E-state index contributed by atoms with van der Waals surface area (Å²) < 4.78 is 10.2. The topological polar surface area (TPSA) is 61.5 Å². The molecule has 1 unspecified atom stereocenters. The normalized spacial score (nSPS) is 19.4. The Morgan fingerprint density at radius 2 is 2.19 bits per heavy atom. The SMILES string of the molecule is CCOC(=O)CCC(N)CC1CCOCC1. The van der Waals surface area contributed by atoms with E-state index in [1.807, 2.05) is 6.92 Å². The van der Waals surface area contributed by atoms with Gasteiger partial charge in [0.25, 0.3) is 0 Å². The van der Waals surface area contributed by atoms with Crippen LogP contribution in [-0.2, 0) is 14.3 Å². The third-order valence-corrected chi connectivity index (χ3v) is 3.00. The van der Waals surface area contributed by atoms with E-state index in [0.29, 0.717) is 18.9 Å².